The number of thioether (sulfide) groups is 1. The van der Waals surface area contributed by atoms with Crippen molar-refractivity contribution in [3.05, 3.63) is 93.6 Å². The first kappa shape index (κ1) is 19.6. The number of fused-ring (bicyclic) bond motifs is 1. The maximum Gasteiger partial charge on any atom is 0.283 e. The van der Waals surface area contributed by atoms with Crippen LogP contribution in [-0.4, -0.2) is 21.8 Å². The number of nitrogens with one attached hydrogen (secondary N) is 1. The molecule has 5 rings (SSSR count). The molecule has 0 bridgehead atoms. The number of rotatable bonds is 3. The van der Waals surface area contributed by atoms with Crippen LogP contribution < -0.4 is 0 Å². The highest BCUT2D eigenvalue weighted by Gasteiger charge is 2.36. The van der Waals surface area contributed by atoms with Crippen molar-refractivity contribution < 1.29 is 9.21 Å². The Morgan fingerprint density at radius 1 is 1.10 bits per heavy atom. The predicted octanol–water partition coefficient (Wildman–Crippen LogP) is 6.21. The Labute approximate surface area is 188 Å². The number of hydrogen-bond donors (Lipinski definition) is 1. The van der Waals surface area contributed by atoms with Gasteiger partial charge in [0.25, 0.3) is 5.91 Å². The number of carbonyl (C=O) groups excluding carboxylic acids is 1. The van der Waals surface area contributed by atoms with Gasteiger partial charge in [-0.2, -0.15) is 4.99 Å². The van der Waals surface area contributed by atoms with E-state index in [0.29, 0.717) is 21.7 Å². The summed E-state index contributed by atoms with van der Waals surface area (Å²) in [6.45, 7) is 1.94. The second-order valence-corrected chi connectivity index (χ2v) is 8.34. The third-order valence-electron chi connectivity index (χ3n) is 5.05. The number of furan rings is 1. The molecule has 1 aromatic heterocycles. The number of aliphatic imine (C=N–C) groups is 1. The van der Waals surface area contributed by atoms with Gasteiger partial charge in [0.2, 0.25) is 0 Å². The lowest BCUT2D eigenvalue weighted by Crippen LogP contribution is -2.37. The molecule has 0 saturated carbocycles. The van der Waals surface area contributed by atoms with E-state index in [2.05, 4.69) is 4.99 Å². The Balaban J connectivity index is 1.48. The van der Waals surface area contributed by atoms with Crippen molar-refractivity contribution in [2.45, 2.75) is 6.92 Å². The van der Waals surface area contributed by atoms with Gasteiger partial charge in [0.1, 0.15) is 17.4 Å². The Morgan fingerprint density at radius 3 is 2.68 bits per heavy atom. The van der Waals surface area contributed by atoms with E-state index in [-0.39, 0.29) is 11.4 Å². The van der Waals surface area contributed by atoms with Crippen LogP contribution in [0.25, 0.3) is 23.1 Å². The minimum Gasteiger partial charge on any atom is -0.457 e. The second kappa shape index (κ2) is 7.72. The molecule has 2 aliphatic rings. The molecule has 31 heavy (non-hydrogen) atoms. The summed E-state index contributed by atoms with van der Waals surface area (Å²) in [5.74, 6) is 0.721. The Hall–Kier alpha value is -3.35. The summed E-state index contributed by atoms with van der Waals surface area (Å²) in [6, 6.07) is 19.0. The van der Waals surface area contributed by atoms with Gasteiger partial charge < -0.3 is 4.42 Å². The van der Waals surface area contributed by atoms with Crippen molar-refractivity contribution in [2.24, 2.45) is 4.99 Å². The maximum atomic E-state index is 12.6. The van der Waals surface area contributed by atoms with Gasteiger partial charge in [-0.25, -0.2) is 0 Å². The highest BCUT2D eigenvalue weighted by atomic mass is 35.5. The van der Waals surface area contributed by atoms with Crippen molar-refractivity contribution in [3.63, 3.8) is 0 Å². The monoisotopic (exact) mass is 445 g/mol. The average molecular weight is 446 g/mol. The summed E-state index contributed by atoms with van der Waals surface area (Å²) in [7, 11) is 0. The fourth-order valence-electron chi connectivity index (χ4n) is 3.39. The van der Waals surface area contributed by atoms with Gasteiger partial charge in [0.05, 0.1) is 11.3 Å². The first-order valence-electron chi connectivity index (χ1n) is 9.53. The zero-order valence-electron chi connectivity index (χ0n) is 16.4. The summed E-state index contributed by atoms with van der Waals surface area (Å²) >= 11 is 7.56. The molecule has 0 atom stereocenters. The Kier molecular flexibility index (Phi) is 4.88. The van der Waals surface area contributed by atoms with E-state index in [9.17, 15) is 4.79 Å². The molecule has 1 amide bonds. The molecule has 0 radical (unpaired) electrons. The molecule has 3 aromatic rings. The topological polar surface area (TPSA) is 69.7 Å². The molecular weight excluding hydrogens is 430 g/mol. The summed E-state index contributed by atoms with van der Waals surface area (Å²) in [5, 5.41) is 11.8. The van der Waals surface area contributed by atoms with Crippen LogP contribution in [0.1, 0.15) is 16.9 Å². The maximum absolute atomic E-state index is 12.6. The number of hydrogen-bond acceptors (Lipinski definition) is 4. The molecule has 152 valence electrons. The summed E-state index contributed by atoms with van der Waals surface area (Å²) in [5.41, 5.74) is 3.78. The molecule has 2 aliphatic heterocycles. The molecular formula is C24H16ClN3O2S. The number of benzene rings is 2. The standard InChI is InChI=1S/C24H16ClN3O2S/c1-14-7-8-16(11-19(14)25)21-10-9-17(30-21)12-18-22(26)28-20(15-5-3-2-4-6-15)13-31-24(28)27-23(18)29/h2-13,26H,1H3/b18-12+,26-22?. The minimum absolute atomic E-state index is 0.0754. The minimum atomic E-state index is -0.456. The van der Waals surface area contributed by atoms with Gasteiger partial charge >= 0.3 is 0 Å². The number of aryl methyl sites for hydroxylation is 1. The number of carbonyl (C=O) groups is 1. The van der Waals surface area contributed by atoms with Gasteiger partial charge in [-0.05, 0) is 42.3 Å². The lowest BCUT2D eigenvalue weighted by molar-refractivity contribution is -0.114. The van der Waals surface area contributed by atoms with Crippen molar-refractivity contribution in [2.75, 3.05) is 0 Å². The molecule has 2 aromatic carbocycles. The SMILES string of the molecule is Cc1ccc(-c2ccc(/C=C3\C(=N)N4C(c5ccccc5)=CSC4=NC3=O)o2)cc1Cl. The van der Waals surface area contributed by atoms with Crippen LogP contribution in [0.5, 0.6) is 0 Å². The second-order valence-electron chi connectivity index (χ2n) is 7.09. The number of amides is 1. The smallest absolute Gasteiger partial charge is 0.283 e. The van der Waals surface area contributed by atoms with Crippen LogP contribution in [0.15, 0.2) is 81.1 Å². The quantitative estimate of drug-likeness (QED) is 0.486. The third-order valence-corrected chi connectivity index (χ3v) is 6.29. The van der Waals surface area contributed by atoms with Gasteiger partial charge in [-0.3, -0.25) is 15.1 Å². The highest BCUT2D eigenvalue weighted by Crippen LogP contribution is 2.37. The molecule has 1 N–H and O–H groups in total. The van der Waals surface area contributed by atoms with Gasteiger partial charge in [0.15, 0.2) is 5.17 Å². The van der Waals surface area contributed by atoms with E-state index in [0.717, 1.165) is 22.4 Å². The van der Waals surface area contributed by atoms with Crippen LogP contribution >= 0.6 is 23.4 Å². The predicted molar refractivity (Wildman–Crippen MR) is 126 cm³/mol. The zero-order valence-corrected chi connectivity index (χ0v) is 18.0. The van der Waals surface area contributed by atoms with E-state index in [1.54, 1.807) is 17.0 Å². The third kappa shape index (κ3) is 3.54. The molecule has 0 saturated heterocycles. The Bertz CT molecular complexity index is 1320. The first-order chi connectivity index (χ1) is 15.0. The van der Waals surface area contributed by atoms with Crippen molar-refractivity contribution in [1.82, 2.24) is 4.90 Å². The average Bonchev–Trinajstić information content (AvgIpc) is 3.41. The zero-order chi connectivity index (χ0) is 21.5. The van der Waals surface area contributed by atoms with Crippen molar-refractivity contribution >= 4 is 52.0 Å². The lowest BCUT2D eigenvalue weighted by Gasteiger charge is -2.26. The van der Waals surface area contributed by atoms with E-state index in [4.69, 9.17) is 21.4 Å². The van der Waals surface area contributed by atoms with E-state index in [1.807, 2.05) is 66.9 Å². The van der Waals surface area contributed by atoms with Gasteiger partial charge in [0, 0.05) is 16.0 Å². The lowest BCUT2D eigenvalue weighted by atomic mass is 10.1. The molecule has 0 fully saturated rings. The van der Waals surface area contributed by atoms with Crippen molar-refractivity contribution in [3.8, 4) is 11.3 Å². The molecule has 5 nitrogen and oxygen atoms in total. The molecule has 0 aliphatic carbocycles. The summed E-state index contributed by atoms with van der Waals surface area (Å²) in [6.07, 6.45) is 1.57. The van der Waals surface area contributed by atoms with E-state index >= 15 is 0 Å². The van der Waals surface area contributed by atoms with Crippen LogP contribution in [0.2, 0.25) is 5.02 Å². The molecule has 0 spiro atoms. The summed E-state index contributed by atoms with van der Waals surface area (Å²) < 4.78 is 5.92. The van der Waals surface area contributed by atoms with Crippen LogP contribution in [0, 0.1) is 12.3 Å². The van der Waals surface area contributed by atoms with Gasteiger partial charge in [-0.15, -0.1) is 0 Å². The number of nitrogens with zero attached hydrogens (tertiary/aromatic N) is 2. The van der Waals surface area contributed by atoms with Crippen molar-refractivity contribution in [1.29, 1.82) is 5.41 Å². The van der Waals surface area contributed by atoms with Gasteiger partial charge in [-0.1, -0.05) is 65.8 Å². The normalized spacial score (nSPS) is 17.1. The van der Waals surface area contributed by atoms with E-state index < -0.39 is 5.91 Å². The van der Waals surface area contributed by atoms with Crippen LogP contribution in [0.4, 0.5) is 0 Å². The van der Waals surface area contributed by atoms with E-state index in [1.165, 1.54) is 11.8 Å². The highest BCUT2D eigenvalue weighted by molar-refractivity contribution is 8.17. The fourth-order valence-corrected chi connectivity index (χ4v) is 4.46. The van der Waals surface area contributed by atoms with Crippen LogP contribution in [-0.2, 0) is 4.79 Å². The molecule has 7 heteroatoms. The first-order valence-corrected chi connectivity index (χ1v) is 10.8. The van der Waals surface area contributed by atoms with Crippen LogP contribution in [0.3, 0.4) is 0 Å². The summed E-state index contributed by atoms with van der Waals surface area (Å²) in [4.78, 5) is 18.5. The fraction of sp³-hybridized carbons (Fsp3) is 0.0417. The number of amidine groups is 2. The molecule has 3 heterocycles. The Morgan fingerprint density at radius 2 is 1.90 bits per heavy atom. The molecule has 0 unspecified atom stereocenters. The largest absolute Gasteiger partial charge is 0.457 e. The number of halogens is 1.